The van der Waals surface area contributed by atoms with E-state index in [1.54, 1.807) is 36.5 Å². The number of rotatable bonds is 9. The zero-order valence-electron chi connectivity index (χ0n) is 18.5. The third-order valence-corrected chi connectivity index (χ3v) is 5.36. The van der Waals surface area contributed by atoms with Crippen LogP contribution < -0.4 is 14.8 Å². The topological polar surface area (TPSA) is 65.4 Å². The van der Waals surface area contributed by atoms with Gasteiger partial charge in [0.2, 0.25) is 0 Å². The fourth-order valence-corrected chi connectivity index (χ4v) is 3.55. The van der Waals surface area contributed by atoms with Gasteiger partial charge >= 0.3 is 0 Å². The summed E-state index contributed by atoms with van der Waals surface area (Å²) in [6, 6.07) is 19.1. The number of carbonyl (C=O) groups excluding carboxylic acids is 1. The van der Waals surface area contributed by atoms with Crippen LogP contribution in [0.15, 0.2) is 79.1 Å². The predicted molar refractivity (Wildman–Crippen MR) is 129 cm³/mol. The number of nitrogens with one attached hydrogen (secondary N) is 1. The summed E-state index contributed by atoms with van der Waals surface area (Å²) in [5, 5.41) is 7.32. The highest BCUT2D eigenvalue weighted by Crippen LogP contribution is 2.21. The molecule has 0 aliphatic carbocycles. The average Bonchev–Trinajstić information content (AvgIpc) is 3.28. The number of halogens is 2. The van der Waals surface area contributed by atoms with Crippen molar-refractivity contribution in [2.24, 2.45) is 0 Å². The molecule has 0 bridgehead atoms. The van der Waals surface area contributed by atoms with E-state index in [-0.39, 0.29) is 12.5 Å². The predicted octanol–water partition coefficient (Wildman–Crippen LogP) is 5.95. The van der Waals surface area contributed by atoms with Gasteiger partial charge in [0, 0.05) is 22.3 Å². The maximum Gasteiger partial charge on any atom is 0.255 e. The number of hydrogen-bond acceptors (Lipinski definition) is 4. The lowest BCUT2D eigenvalue weighted by Crippen LogP contribution is -2.12. The molecule has 34 heavy (non-hydrogen) atoms. The molecular weight excluding hydrogens is 457 g/mol. The summed E-state index contributed by atoms with van der Waals surface area (Å²) in [4.78, 5) is 12.7. The Balaban J connectivity index is 1.36. The Morgan fingerprint density at radius 3 is 2.53 bits per heavy atom. The van der Waals surface area contributed by atoms with E-state index in [1.165, 1.54) is 16.9 Å². The van der Waals surface area contributed by atoms with Crippen LogP contribution in [-0.4, -0.2) is 22.3 Å². The van der Waals surface area contributed by atoms with E-state index in [1.807, 2.05) is 37.3 Å². The van der Waals surface area contributed by atoms with E-state index in [2.05, 4.69) is 10.4 Å². The largest absolute Gasteiger partial charge is 0.494 e. The van der Waals surface area contributed by atoms with Gasteiger partial charge in [-0.15, -0.1) is 0 Å². The molecule has 0 atom stereocenters. The summed E-state index contributed by atoms with van der Waals surface area (Å²) in [6.07, 6.45) is 3.13. The number of hydrogen-bond donors (Lipinski definition) is 1. The van der Waals surface area contributed by atoms with Crippen molar-refractivity contribution in [1.29, 1.82) is 0 Å². The highest BCUT2D eigenvalue weighted by atomic mass is 35.5. The Morgan fingerprint density at radius 1 is 1.06 bits per heavy atom. The van der Waals surface area contributed by atoms with Crippen molar-refractivity contribution in [2.45, 2.75) is 20.1 Å². The van der Waals surface area contributed by atoms with Crippen molar-refractivity contribution < 1.29 is 18.7 Å². The number of nitrogens with zero attached hydrogens (tertiary/aromatic N) is 2. The van der Waals surface area contributed by atoms with Gasteiger partial charge in [0.05, 0.1) is 25.0 Å². The number of carbonyl (C=O) groups is 1. The molecule has 4 aromatic rings. The quantitative estimate of drug-likeness (QED) is 0.322. The molecule has 0 aliphatic rings. The van der Waals surface area contributed by atoms with Crippen LogP contribution in [0.5, 0.6) is 11.5 Å². The molecule has 0 radical (unpaired) electrons. The molecule has 1 aromatic heterocycles. The van der Waals surface area contributed by atoms with Crippen LogP contribution >= 0.6 is 11.6 Å². The second-order valence-electron chi connectivity index (χ2n) is 7.47. The van der Waals surface area contributed by atoms with Gasteiger partial charge in [-0.2, -0.15) is 5.10 Å². The Hall–Kier alpha value is -3.84. The molecule has 1 N–H and O–H groups in total. The summed E-state index contributed by atoms with van der Waals surface area (Å²) < 4.78 is 26.8. The van der Waals surface area contributed by atoms with Crippen LogP contribution in [-0.2, 0) is 13.2 Å². The van der Waals surface area contributed by atoms with Crippen LogP contribution in [0.2, 0.25) is 5.02 Å². The van der Waals surface area contributed by atoms with Crippen molar-refractivity contribution in [1.82, 2.24) is 9.78 Å². The first-order chi connectivity index (χ1) is 16.5. The number of ether oxygens (including phenoxy) is 2. The van der Waals surface area contributed by atoms with Crippen molar-refractivity contribution in [3.63, 3.8) is 0 Å². The highest BCUT2D eigenvalue weighted by molar-refractivity contribution is 6.31. The fourth-order valence-electron chi connectivity index (χ4n) is 3.33. The number of anilines is 1. The van der Waals surface area contributed by atoms with Gasteiger partial charge < -0.3 is 14.8 Å². The first kappa shape index (κ1) is 23.3. The maximum absolute atomic E-state index is 14.0. The summed E-state index contributed by atoms with van der Waals surface area (Å²) in [5.74, 6) is 0.804. The number of aromatic nitrogens is 2. The lowest BCUT2D eigenvalue weighted by atomic mass is 10.1. The molecule has 6 nitrogen and oxygen atoms in total. The molecule has 174 valence electrons. The smallest absolute Gasteiger partial charge is 0.255 e. The molecule has 0 unspecified atom stereocenters. The first-order valence-electron chi connectivity index (χ1n) is 10.7. The Labute approximate surface area is 201 Å². The van der Waals surface area contributed by atoms with Gasteiger partial charge in [0.15, 0.2) is 0 Å². The van der Waals surface area contributed by atoms with Gasteiger partial charge in [-0.3, -0.25) is 9.48 Å². The van der Waals surface area contributed by atoms with Gasteiger partial charge in [-0.05, 0) is 61.0 Å². The standard InChI is InChI=1S/C26H23ClFN3O3/c1-2-33-21-9-11-22(12-10-21)34-17-18-5-3-6-19(13-18)26(32)30-20-14-29-31(15-20)16-23-24(27)7-4-8-25(23)28/h3-15H,2,16-17H2,1H3,(H,30,32). The number of amides is 1. The fraction of sp³-hybridized carbons (Fsp3) is 0.154. The van der Waals surface area contributed by atoms with E-state index in [4.69, 9.17) is 21.1 Å². The van der Waals surface area contributed by atoms with Crippen LogP contribution in [0.3, 0.4) is 0 Å². The zero-order valence-corrected chi connectivity index (χ0v) is 19.3. The van der Waals surface area contributed by atoms with Crippen LogP contribution in [0.4, 0.5) is 10.1 Å². The third kappa shape index (κ3) is 5.94. The van der Waals surface area contributed by atoms with Gasteiger partial charge in [0.1, 0.15) is 23.9 Å². The zero-order chi connectivity index (χ0) is 23.9. The Morgan fingerprint density at radius 2 is 1.79 bits per heavy atom. The van der Waals surface area contributed by atoms with Crippen LogP contribution in [0.1, 0.15) is 28.4 Å². The summed E-state index contributed by atoms with van der Waals surface area (Å²) in [5.41, 5.74) is 2.17. The molecule has 0 aliphatic heterocycles. The minimum absolute atomic E-state index is 0.153. The molecule has 4 rings (SSSR count). The lowest BCUT2D eigenvalue weighted by molar-refractivity contribution is 0.102. The molecule has 0 saturated heterocycles. The van der Waals surface area contributed by atoms with Crippen molar-refractivity contribution >= 4 is 23.2 Å². The number of benzene rings is 3. The monoisotopic (exact) mass is 479 g/mol. The van der Waals surface area contributed by atoms with Crippen LogP contribution in [0, 0.1) is 5.82 Å². The van der Waals surface area contributed by atoms with Crippen LogP contribution in [0.25, 0.3) is 0 Å². The normalized spacial score (nSPS) is 10.7. The Kier molecular flexibility index (Phi) is 7.44. The SMILES string of the molecule is CCOc1ccc(OCc2cccc(C(=O)Nc3cnn(Cc4c(F)cccc4Cl)c3)c2)cc1. The lowest BCUT2D eigenvalue weighted by Gasteiger charge is -2.09. The van der Waals surface area contributed by atoms with Gasteiger partial charge in [-0.25, -0.2) is 4.39 Å². The van der Waals surface area contributed by atoms with E-state index >= 15 is 0 Å². The molecule has 0 spiro atoms. The minimum Gasteiger partial charge on any atom is -0.494 e. The van der Waals surface area contributed by atoms with Gasteiger partial charge in [0.25, 0.3) is 5.91 Å². The first-order valence-corrected chi connectivity index (χ1v) is 11.1. The van der Waals surface area contributed by atoms with E-state index in [0.717, 1.165) is 11.3 Å². The van der Waals surface area contributed by atoms with Gasteiger partial charge in [-0.1, -0.05) is 29.8 Å². The Bertz CT molecular complexity index is 1250. The average molecular weight is 480 g/mol. The second-order valence-corrected chi connectivity index (χ2v) is 7.88. The molecule has 8 heteroatoms. The molecular formula is C26H23ClFN3O3. The van der Waals surface area contributed by atoms with Crippen molar-refractivity contribution in [2.75, 3.05) is 11.9 Å². The molecule has 3 aromatic carbocycles. The van der Waals surface area contributed by atoms with E-state index in [9.17, 15) is 9.18 Å². The third-order valence-electron chi connectivity index (χ3n) is 5.00. The molecule has 0 saturated carbocycles. The highest BCUT2D eigenvalue weighted by Gasteiger charge is 2.11. The van der Waals surface area contributed by atoms with Crippen molar-refractivity contribution in [3.8, 4) is 11.5 Å². The molecule has 1 heterocycles. The summed E-state index contributed by atoms with van der Waals surface area (Å²) in [7, 11) is 0. The van der Waals surface area contributed by atoms with Crippen molar-refractivity contribution in [3.05, 3.63) is 107 Å². The van der Waals surface area contributed by atoms with E-state index < -0.39 is 5.82 Å². The molecule has 1 amide bonds. The van der Waals surface area contributed by atoms with E-state index in [0.29, 0.717) is 40.8 Å². The molecule has 0 fully saturated rings. The maximum atomic E-state index is 14.0. The second kappa shape index (κ2) is 10.9. The summed E-state index contributed by atoms with van der Waals surface area (Å²) >= 11 is 6.08. The summed E-state index contributed by atoms with van der Waals surface area (Å²) in [6.45, 7) is 3.01. The minimum atomic E-state index is -0.405.